The fourth-order valence-electron chi connectivity index (χ4n) is 4.54. The number of carboxylic acids is 1. The lowest BCUT2D eigenvalue weighted by Crippen LogP contribution is -2.51. The van der Waals surface area contributed by atoms with Gasteiger partial charge in [-0.25, -0.2) is 0 Å². The third kappa shape index (κ3) is 2.29. The molecule has 3 aliphatic rings. The molecular weight excluding hydrogens is 334 g/mol. The second-order valence-corrected chi connectivity index (χ2v) is 8.31. The third-order valence-corrected chi connectivity index (χ3v) is 7.30. The minimum Gasteiger partial charge on any atom is -0.481 e. The molecule has 1 N–H and O–H groups in total. The van der Waals surface area contributed by atoms with Crippen molar-refractivity contribution in [2.45, 2.75) is 25.1 Å². The number of likely N-dealkylation sites (tertiary alicyclic amines) is 1. The summed E-state index contributed by atoms with van der Waals surface area (Å²) >= 11 is 1.52. The predicted molar refractivity (Wildman–Crippen MR) is 97.9 cm³/mol. The summed E-state index contributed by atoms with van der Waals surface area (Å²) in [5, 5.41) is 11.8. The Balaban J connectivity index is 1.72. The molecule has 5 atom stereocenters. The zero-order valence-electron chi connectivity index (χ0n) is 14.3. The van der Waals surface area contributed by atoms with Crippen molar-refractivity contribution in [3.8, 4) is 0 Å². The number of aliphatic carboxylic acids is 1. The molecule has 130 valence electrons. The van der Waals surface area contributed by atoms with E-state index in [2.05, 4.69) is 6.08 Å². The summed E-state index contributed by atoms with van der Waals surface area (Å²) in [6, 6.07) is 9.87. The summed E-state index contributed by atoms with van der Waals surface area (Å²) in [4.78, 5) is 27.3. The van der Waals surface area contributed by atoms with Crippen molar-refractivity contribution < 1.29 is 14.7 Å². The molecule has 1 saturated heterocycles. The van der Waals surface area contributed by atoms with E-state index < -0.39 is 17.3 Å². The maximum absolute atomic E-state index is 13.3. The Labute approximate surface area is 151 Å². The number of hydrogen-bond donors (Lipinski definition) is 1. The van der Waals surface area contributed by atoms with Crippen molar-refractivity contribution in [1.29, 1.82) is 0 Å². The Kier molecular flexibility index (Phi) is 3.80. The lowest BCUT2D eigenvalue weighted by atomic mass is 9.64. The molecule has 4 rings (SSSR count). The zero-order chi connectivity index (χ0) is 17.8. The van der Waals surface area contributed by atoms with Crippen LogP contribution in [0.5, 0.6) is 0 Å². The van der Waals surface area contributed by atoms with Crippen LogP contribution < -0.4 is 0 Å². The fraction of sp³-hybridized carbons (Fsp3) is 0.400. The first-order valence-corrected chi connectivity index (χ1v) is 9.51. The molecule has 1 amide bonds. The van der Waals surface area contributed by atoms with Gasteiger partial charge in [-0.3, -0.25) is 9.59 Å². The number of allylic oxidation sites excluding steroid dienone is 1. The molecule has 0 spiro atoms. The third-order valence-electron chi connectivity index (χ3n) is 5.97. The van der Waals surface area contributed by atoms with Crippen molar-refractivity contribution in [2.24, 2.45) is 17.3 Å². The lowest BCUT2D eigenvalue weighted by molar-refractivity contribution is -0.156. The normalized spacial score (nSPS) is 34.5. The number of fused-ring (bicyclic) bond motifs is 2. The van der Waals surface area contributed by atoms with Crippen molar-refractivity contribution >= 4 is 23.6 Å². The van der Waals surface area contributed by atoms with Crippen LogP contribution in [0.3, 0.4) is 0 Å². The van der Waals surface area contributed by atoms with E-state index in [-0.39, 0.29) is 23.1 Å². The van der Waals surface area contributed by atoms with Gasteiger partial charge in [0.1, 0.15) is 0 Å². The average Bonchev–Trinajstić information content (AvgIpc) is 3.20. The molecule has 1 fully saturated rings. The van der Waals surface area contributed by atoms with Gasteiger partial charge in [-0.2, -0.15) is 0 Å². The molecule has 2 heterocycles. The Hall–Kier alpha value is -2.01. The molecule has 4 nitrogen and oxygen atoms in total. The molecule has 2 aliphatic heterocycles. The highest BCUT2D eigenvalue weighted by Gasteiger charge is 2.61. The highest BCUT2D eigenvalue weighted by atomic mass is 32.2. The van der Waals surface area contributed by atoms with Gasteiger partial charge in [0.25, 0.3) is 0 Å². The highest BCUT2D eigenvalue weighted by Crippen LogP contribution is 2.55. The predicted octanol–water partition coefficient (Wildman–Crippen LogP) is 3.48. The topological polar surface area (TPSA) is 57.6 Å². The van der Waals surface area contributed by atoms with Gasteiger partial charge in [-0.05, 0) is 30.4 Å². The van der Waals surface area contributed by atoms with E-state index >= 15 is 0 Å². The monoisotopic (exact) mass is 355 g/mol. The van der Waals surface area contributed by atoms with Crippen LogP contribution in [0.2, 0.25) is 0 Å². The molecule has 0 bridgehead atoms. The van der Waals surface area contributed by atoms with Crippen LogP contribution in [0.25, 0.3) is 0 Å². The molecule has 1 aromatic rings. The van der Waals surface area contributed by atoms with Gasteiger partial charge >= 0.3 is 5.97 Å². The number of rotatable bonds is 3. The SMILES string of the molecule is C[C@H](c1ccccc1)N1C[C@@H]2C=C3C=CS[C@@H]3[C@@](C)(C(=O)O)[C@H]2C1=O. The molecule has 0 aromatic heterocycles. The van der Waals surface area contributed by atoms with Crippen LogP contribution in [-0.2, 0) is 9.59 Å². The molecule has 25 heavy (non-hydrogen) atoms. The number of benzene rings is 1. The fourth-order valence-corrected chi connectivity index (χ4v) is 5.78. The number of carboxylic acid groups (broad SMARTS) is 1. The average molecular weight is 355 g/mol. The summed E-state index contributed by atoms with van der Waals surface area (Å²) in [5.41, 5.74) is 1.05. The van der Waals surface area contributed by atoms with Gasteiger partial charge in [-0.15, -0.1) is 11.8 Å². The summed E-state index contributed by atoms with van der Waals surface area (Å²) in [6.07, 6.45) is 4.13. The Morgan fingerprint density at radius 3 is 2.76 bits per heavy atom. The van der Waals surface area contributed by atoms with Crippen LogP contribution in [-0.4, -0.2) is 33.7 Å². The van der Waals surface area contributed by atoms with Crippen molar-refractivity contribution in [1.82, 2.24) is 4.90 Å². The van der Waals surface area contributed by atoms with Gasteiger partial charge in [0, 0.05) is 12.5 Å². The molecule has 5 heteroatoms. The van der Waals surface area contributed by atoms with Gasteiger partial charge in [0.2, 0.25) is 5.91 Å². The van der Waals surface area contributed by atoms with Crippen LogP contribution >= 0.6 is 11.8 Å². The Morgan fingerprint density at radius 1 is 1.36 bits per heavy atom. The zero-order valence-corrected chi connectivity index (χ0v) is 15.1. The van der Waals surface area contributed by atoms with E-state index in [1.165, 1.54) is 11.8 Å². The first kappa shape index (κ1) is 16.5. The van der Waals surface area contributed by atoms with Crippen LogP contribution in [0.15, 0.2) is 53.5 Å². The number of carbonyl (C=O) groups is 2. The second-order valence-electron chi connectivity index (χ2n) is 7.29. The summed E-state index contributed by atoms with van der Waals surface area (Å²) in [7, 11) is 0. The standard InChI is InChI=1S/C20H21NO3S/c1-12(13-6-4-3-5-7-13)21-11-15-10-14-8-9-25-17(14)20(2,19(23)24)16(15)18(21)22/h3-10,12,15-17H,11H2,1-2H3,(H,23,24)/t12-,15+,16-,17+,20+/m1/s1. The first-order chi connectivity index (χ1) is 11.9. The maximum Gasteiger partial charge on any atom is 0.311 e. The second kappa shape index (κ2) is 5.77. The minimum absolute atomic E-state index is 0.0333. The van der Waals surface area contributed by atoms with E-state index in [0.717, 1.165) is 11.1 Å². The summed E-state index contributed by atoms with van der Waals surface area (Å²) < 4.78 is 0. The molecule has 1 aliphatic carbocycles. The van der Waals surface area contributed by atoms with Gasteiger partial charge in [-0.1, -0.05) is 42.5 Å². The van der Waals surface area contributed by atoms with Gasteiger partial charge in [0.05, 0.1) is 22.6 Å². The molecule has 1 aromatic carbocycles. The Bertz CT molecular complexity index is 787. The Morgan fingerprint density at radius 2 is 2.08 bits per heavy atom. The van der Waals surface area contributed by atoms with E-state index in [1.807, 2.05) is 53.6 Å². The van der Waals surface area contributed by atoms with Crippen molar-refractivity contribution in [2.75, 3.05) is 6.54 Å². The van der Waals surface area contributed by atoms with Gasteiger partial charge < -0.3 is 10.0 Å². The lowest BCUT2D eigenvalue weighted by Gasteiger charge is -2.41. The maximum atomic E-state index is 13.3. The number of carbonyl (C=O) groups excluding carboxylic acids is 1. The van der Waals surface area contributed by atoms with E-state index in [4.69, 9.17) is 0 Å². The number of hydrogen-bond acceptors (Lipinski definition) is 3. The quantitative estimate of drug-likeness (QED) is 0.902. The van der Waals surface area contributed by atoms with E-state index in [9.17, 15) is 14.7 Å². The molecular formula is C20H21NO3S. The van der Waals surface area contributed by atoms with Gasteiger partial charge in [0.15, 0.2) is 0 Å². The van der Waals surface area contributed by atoms with Crippen LogP contribution in [0.4, 0.5) is 0 Å². The van der Waals surface area contributed by atoms with Crippen molar-refractivity contribution in [3.63, 3.8) is 0 Å². The van der Waals surface area contributed by atoms with E-state index in [1.54, 1.807) is 6.92 Å². The van der Waals surface area contributed by atoms with Crippen LogP contribution in [0, 0.1) is 17.3 Å². The summed E-state index contributed by atoms with van der Waals surface area (Å²) in [6.45, 7) is 4.35. The largest absolute Gasteiger partial charge is 0.481 e. The summed E-state index contributed by atoms with van der Waals surface area (Å²) in [5.74, 6) is -1.46. The molecule has 0 saturated carbocycles. The minimum atomic E-state index is -1.08. The van der Waals surface area contributed by atoms with E-state index in [0.29, 0.717) is 6.54 Å². The molecule has 0 radical (unpaired) electrons. The number of amides is 1. The smallest absolute Gasteiger partial charge is 0.311 e. The number of nitrogens with zero attached hydrogens (tertiary/aromatic N) is 1. The number of thioether (sulfide) groups is 1. The van der Waals surface area contributed by atoms with Crippen LogP contribution in [0.1, 0.15) is 25.5 Å². The van der Waals surface area contributed by atoms with Crippen molar-refractivity contribution in [3.05, 3.63) is 59.0 Å². The highest BCUT2D eigenvalue weighted by molar-refractivity contribution is 8.03. The first-order valence-electron chi connectivity index (χ1n) is 8.57. The molecule has 0 unspecified atom stereocenters.